The normalized spacial score (nSPS) is 8.95. The van der Waals surface area contributed by atoms with Crippen LogP contribution in [0.1, 0.15) is 55.4 Å². The number of carbonyl (C=O) groups excluding carboxylic acids is 2. The molecule has 116 valence electrons. The lowest BCUT2D eigenvalue weighted by Crippen LogP contribution is -2.09. The highest BCUT2D eigenvalue weighted by Gasteiger charge is 1.94. The van der Waals surface area contributed by atoms with E-state index in [1.807, 2.05) is 27.7 Å². The second-order valence-corrected chi connectivity index (χ2v) is 4.08. The highest BCUT2D eigenvalue weighted by atomic mass is 16.5. The first-order chi connectivity index (χ1) is 8.67. The maximum atomic E-state index is 9.82. The number of hydrogen-bond acceptors (Lipinski definition) is 5. The summed E-state index contributed by atoms with van der Waals surface area (Å²) in [6.07, 6.45) is 0.750. The van der Waals surface area contributed by atoms with E-state index >= 15 is 0 Å². The Kier molecular flexibility index (Phi) is 20.5. The maximum absolute atomic E-state index is 9.82. The lowest BCUT2D eigenvalue weighted by Gasteiger charge is -2.09. The molecule has 0 spiro atoms. The van der Waals surface area contributed by atoms with Gasteiger partial charge in [-0.05, 0) is 41.5 Å². The molecule has 0 amide bonds. The Morgan fingerprint density at radius 2 is 1.05 bits per heavy atom. The Balaban J connectivity index is -0.000000203. The Morgan fingerprint density at radius 1 is 0.789 bits per heavy atom. The van der Waals surface area contributed by atoms with Crippen molar-refractivity contribution in [3.8, 4) is 0 Å². The van der Waals surface area contributed by atoms with Crippen molar-refractivity contribution in [2.24, 2.45) is 0 Å². The van der Waals surface area contributed by atoms with Gasteiger partial charge in [0.25, 0.3) is 0 Å². The number of carbonyl (C=O) groups is 2. The van der Waals surface area contributed by atoms with Crippen LogP contribution in [0.3, 0.4) is 0 Å². The van der Waals surface area contributed by atoms with Gasteiger partial charge in [-0.2, -0.15) is 0 Å². The molecule has 0 saturated carbocycles. The summed E-state index contributed by atoms with van der Waals surface area (Å²) in [5.74, 6) is -0.421. The second-order valence-electron chi connectivity index (χ2n) is 4.08. The van der Waals surface area contributed by atoms with Gasteiger partial charge < -0.3 is 14.2 Å². The van der Waals surface area contributed by atoms with Gasteiger partial charge in [0.15, 0.2) is 0 Å². The van der Waals surface area contributed by atoms with Crippen molar-refractivity contribution in [2.45, 2.75) is 67.6 Å². The summed E-state index contributed by atoms with van der Waals surface area (Å²) in [5, 5.41) is 0. The number of rotatable bonds is 4. The van der Waals surface area contributed by atoms with Crippen molar-refractivity contribution in [3.05, 3.63) is 0 Å². The van der Waals surface area contributed by atoms with Crippen molar-refractivity contribution in [1.82, 2.24) is 0 Å². The molecule has 0 aromatic rings. The molecule has 5 heteroatoms. The first kappa shape index (κ1) is 23.0. The van der Waals surface area contributed by atoms with Gasteiger partial charge in [0.1, 0.15) is 0 Å². The van der Waals surface area contributed by atoms with Crippen LogP contribution in [0.4, 0.5) is 0 Å². The van der Waals surface area contributed by atoms with E-state index in [4.69, 9.17) is 4.74 Å². The van der Waals surface area contributed by atoms with E-state index in [2.05, 4.69) is 9.47 Å². The Bertz CT molecular complexity index is 190. The summed E-state index contributed by atoms with van der Waals surface area (Å²) in [7, 11) is 0. The third-order valence-corrected chi connectivity index (χ3v) is 1.24. The molecule has 0 radical (unpaired) electrons. The monoisotopic (exact) mass is 278 g/mol. The molecule has 5 nitrogen and oxygen atoms in total. The Labute approximate surface area is 117 Å². The van der Waals surface area contributed by atoms with E-state index in [1.54, 1.807) is 13.8 Å². The zero-order valence-corrected chi connectivity index (χ0v) is 13.6. The van der Waals surface area contributed by atoms with E-state index in [0.29, 0.717) is 25.4 Å². The second kappa shape index (κ2) is 16.9. The molecule has 0 aromatic heterocycles. The Hall–Kier alpha value is -1.10. The van der Waals surface area contributed by atoms with Crippen LogP contribution in [0.15, 0.2) is 0 Å². The van der Waals surface area contributed by atoms with Crippen LogP contribution in [0, 0.1) is 0 Å². The molecule has 0 saturated heterocycles. The molecule has 0 aliphatic heterocycles. The maximum Gasteiger partial charge on any atom is 0.302 e. The lowest BCUT2D eigenvalue weighted by atomic mass is 10.4. The average molecular weight is 278 g/mol. The van der Waals surface area contributed by atoms with Crippen LogP contribution in [0.2, 0.25) is 0 Å². The highest BCUT2D eigenvalue weighted by molar-refractivity contribution is 5.66. The molecule has 0 bridgehead atoms. The summed E-state index contributed by atoms with van der Waals surface area (Å²) in [6.45, 7) is 15.5. The number of hydrogen-bond donors (Lipinski definition) is 0. The fourth-order valence-electron chi connectivity index (χ4n) is 0.951. The van der Waals surface area contributed by atoms with E-state index < -0.39 is 0 Å². The van der Waals surface area contributed by atoms with E-state index in [9.17, 15) is 9.59 Å². The van der Waals surface area contributed by atoms with Gasteiger partial charge in [-0.25, -0.2) is 0 Å². The van der Waals surface area contributed by atoms with Crippen LogP contribution in [0.25, 0.3) is 0 Å². The minimum absolute atomic E-state index is 0.211. The third-order valence-electron chi connectivity index (χ3n) is 1.24. The van der Waals surface area contributed by atoms with Crippen molar-refractivity contribution in [3.63, 3.8) is 0 Å². The van der Waals surface area contributed by atoms with Gasteiger partial charge in [-0.15, -0.1) is 0 Å². The molecule has 0 atom stereocenters. The first-order valence-corrected chi connectivity index (χ1v) is 6.59. The molecule has 0 rings (SSSR count). The van der Waals surface area contributed by atoms with Crippen molar-refractivity contribution in [2.75, 3.05) is 13.2 Å². The van der Waals surface area contributed by atoms with Crippen LogP contribution in [-0.2, 0) is 23.8 Å². The fraction of sp³-hybridized carbons (Fsp3) is 0.857. The SMILES string of the molecule is CC(C)OC(C)C.CCOC(C)=O.CCOC(C)=O. The average Bonchev–Trinajstić information content (AvgIpc) is 2.15. The fourth-order valence-corrected chi connectivity index (χ4v) is 0.951. The van der Waals surface area contributed by atoms with E-state index in [0.717, 1.165) is 0 Å². The standard InChI is InChI=1S/C6H14O.2C4H8O2/c1-5(2)7-6(3)4;2*1-3-6-4(2)5/h5-6H,1-4H3;2*3H2,1-2H3. The third kappa shape index (κ3) is 47.4. The molecular weight excluding hydrogens is 248 g/mol. The predicted octanol–water partition coefficient (Wildman–Crippen LogP) is 2.96. The molecule has 0 N–H and O–H groups in total. The zero-order valence-electron chi connectivity index (χ0n) is 13.6. The van der Waals surface area contributed by atoms with Gasteiger partial charge >= 0.3 is 11.9 Å². The molecule has 0 aliphatic rings. The van der Waals surface area contributed by atoms with Gasteiger partial charge in [0.05, 0.1) is 25.4 Å². The number of esters is 2. The van der Waals surface area contributed by atoms with Crippen molar-refractivity contribution < 1.29 is 23.8 Å². The summed E-state index contributed by atoms with van der Waals surface area (Å²) in [6, 6.07) is 0. The molecule has 0 aliphatic carbocycles. The summed E-state index contributed by atoms with van der Waals surface area (Å²) in [5.41, 5.74) is 0. The Morgan fingerprint density at radius 3 is 1.05 bits per heavy atom. The van der Waals surface area contributed by atoms with Crippen molar-refractivity contribution in [1.29, 1.82) is 0 Å². The van der Waals surface area contributed by atoms with Crippen LogP contribution in [-0.4, -0.2) is 37.4 Å². The topological polar surface area (TPSA) is 61.8 Å². The van der Waals surface area contributed by atoms with Gasteiger partial charge in [-0.3, -0.25) is 9.59 Å². The zero-order chi connectivity index (χ0) is 15.8. The van der Waals surface area contributed by atoms with Crippen LogP contribution < -0.4 is 0 Å². The first-order valence-electron chi connectivity index (χ1n) is 6.59. The molecule has 0 fully saturated rings. The molecule has 0 unspecified atom stereocenters. The van der Waals surface area contributed by atoms with Gasteiger partial charge in [0.2, 0.25) is 0 Å². The molecular formula is C14H30O5. The summed E-state index contributed by atoms with van der Waals surface area (Å²) in [4.78, 5) is 19.6. The quantitative estimate of drug-likeness (QED) is 0.740. The smallest absolute Gasteiger partial charge is 0.302 e. The van der Waals surface area contributed by atoms with Crippen molar-refractivity contribution >= 4 is 11.9 Å². The van der Waals surface area contributed by atoms with Gasteiger partial charge in [-0.1, -0.05) is 0 Å². The summed E-state index contributed by atoms with van der Waals surface area (Å²) < 4.78 is 14.1. The van der Waals surface area contributed by atoms with E-state index in [-0.39, 0.29) is 11.9 Å². The molecule has 0 aromatic carbocycles. The molecule has 0 heterocycles. The van der Waals surface area contributed by atoms with Gasteiger partial charge in [0, 0.05) is 13.8 Å². The lowest BCUT2D eigenvalue weighted by molar-refractivity contribution is -0.141. The molecule has 19 heavy (non-hydrogen) atoms. The summed E-state index contributed by atoms with van der Waals surface area (Å²) >= 11 is 0. The largest absolute Gasteiger partial charge is 0.466 e. The highest BCUT2D eigenvalue weighted by Crippen LogP contribution is 1.93. The van der Waals surface area contributed by atoms with Crippen LogP contribution >= 0.6 is 0 Å². The van der Waals surface area contributed by atoms with E-state index in [1.165, 1.54) is 13.8 Å². The number of ether oxygens (including phenoxy) is 3. The minimum atomic E-state index is -0.211. The predicted molar refractivity (Wildman–Crippen MR) is 76.0 cm³/mol. The minimum Gasteiger partial charge on any atom is -0.466 e. The van der Waals surface area contributed by atoms with Crippen LogP contribution in [0.5, 0.6) is 0 Å².